The van der Waals surface area contributed by atoms with E-state index in [9.17, 15) is 22.3 Å². The number of benzene rings is 2. The maximum Gasteiger partial charge on any atom is 0.228 e. The van der Waals surface area contributed by atoms with Gasteiger partial charge in [-0.15, -0.1) is 0 Å². The molecule has 0 saturated heterocycles. The zero-order valence-electron chi connectivity index (χ0n) is 13.4. The summed E-state index contributed by atoms with van der Waals surface area (Å²) in [5.74, 6) is -2.11. The lowest BCUT2D eigenvalue weighted by molar-refractivity contribution is 0.476. The van der Waals surface area contributed by atoms with Gasteiger partial charge in [-0.1, -0.05) is 18.2 Å². The molecule has 0 aliphatic carbocycles. The number of nitrogens with zero attached hydrogens (tertiary/aromatic N) is 2. The van der Waals surface area contributed by atoms with Gasteiger partial charge in [-0.2, -0.15) is 0 Å². The van der Waals surface area contributed by atoms with Crippen LogP contribution < -0.4 is 5.32 Å². The molecule has 3 rings (SSSR count). The molecule has 134 valence electrons. The molecule has 9 heteroatoms. The predicted molar refractivity (Wildman–Crippen MR) is 91.9 cm³/mol. The largest absolute Gasteiger partial charge is 0.507 e. The first kappa shape index (κ1) is 17.7. The molecule has 0 aliphatic heterocycles. The van der Waals surface area contributed by atoms with E-state index < -0.39 is 26.4 Å². The van der Waals surface area contributed by atoms with Gasteiger partial charge in [0.05, 0.1) is 11.9 Å². The Bertz CT molecular complexity index is 1090. The van der Waals surface area contributed by atoms with Gasteiger partial charge in [0.2, 0.25) is 5.95 Å². The second-order valence-electron chi connectivity index (χ2n) is 5.42. The smallest absolute Gasteiger partial charge is 0.228 e. The molecule has 0 aliphatic rings. The van der Waals surface area contributed by atoms with Crippen molar-refractivity contribution >= 4 is 21.5 Å². The van der Waals surface area contributed by atoms with Crippen LogP contribution in [0.1, 0.15) is 0 Å². The molecule has 2 N–H and O–H groups in total. The van der Waals surface area contributed by atoms with Crippen molar-refractivity contribution in [2.45, 2.75) is 4.90 Å². The van der Waals surface area contributed by atoms with E-state index in [1.54, 1.807) is 12.1 Å². The summed E-state index contributed by atoms with van der Waals surface area (Å²) in [7, 11) is -3.76. The van der Waals surface area contributed by atoms with Crippen molar-refractivity contribution in [3.05, 3.63) is 60.3 Å². The number of aromatic hydroxyl groups is 1. The predicted octanol–water partition coefficient (Wildman–Crippen LogP) is 3.27. The van der Waals surface area contributed by atoms with Crippen LogP contribution in [0, 0.1) is 11.6 Å². The molecule has 0 fully saturated rings. The lowest BCUT2D eigenvalue weighted by Crippen LogP contribution is -2.06. The first-order valence-electron chi connectivity index (χ1n) is 7.34. The maximum atomic E-state index is 14.4. The number of aromatic nitrogens is 2. The average molecular weight is 377 g/mol. The summed E-state index contributed by atoms with van der Waals surface area (Å²) in [6.07, 6.45) is 1.76. The van der Waals surface area contributed by atoms with E-state index in [2.05, 4.69) is 15.3 Å². The Morgan fingerprint density at radius 1 is 1.08 bits per heavy atom. The normalized spacial score (nSPS) is 11.3. The summed E-state index contributed by atoms with van der Waals surface area (Å²) in [4.78, 5) is 7.20. The molecule has 0 amide bonds. The summed E-state index contributed by atoms with van der Waals surface area (Å²) in [5.41, 5.74) is -0.219. The third kappa shape index (κ3) is 3.47. The molecule has 0 saturated carbocycles. The summed E-state index contributed by atoms with van der Waals surface area (Å²) in [6.45, 7) is 0. The summed E-state index contributed by atoms with van der Waals surface area (Å²) in [5, 5.41) is 12.4. The van der Waals surface area contributed by atoms with Gasteiger partial charge in [0, 0.05) is 11.8 Å². The van der Waals surface area contributed by atoms with Crippen LogP contribution >= 0.6 is 0 Å². The number of hydrogen-bond donors (Lipinski definition) is 2. The highest BCUT2D eigenvalue weighted by Crippen LogP contribution is 2.30. The molecule has 0 atom stereocenters. The first-order chi connectivity index (χ1) is 12.3. The lowest BCUT2D eigenvalue weighted by atomic mass is 10.1. The molecule has 6 nitrogen and oxygen atoms in total. The van der Waals surface area contributed by atoms with Crippen molar-refractivity contribution in [2.75, 3.05) is 11.6 Å². The summed E-state index contributed by atoms with van der Waals surface area (Å²) < 4.78 is 51.7. The summed E-state index contributed by atoms with van der Waals surface area (Å²) >= 11 is 0. The molecule has 3 aromatic rings. The average Bonchev–Trinajstić information content (AvgIpc) is 2.58. The van der Waals surface area contributed by atoms with Crippen LogP contribution in [0.15, 0.2) is 53.6 Å². The second-order valence-corrected chi connectivity index (χ2v) is 7.41. The summed E-state index contributed by atoms with van der Waals surface area (Å²) in [6, 6.07) is 9.80. The molecule has 1 heterocycles. The fourth-order valence-electron chi connectivity index (χ4n) is 2.30. The third-order valence-corrected chi connectivity index (χ3v) is 4.63. The van der Waals surface area contributed by atoms with Crippen LogP contribution in [0.3, 0.4) is 0 Å². The number of phenols is 1. The van der Waals surface area contributed by atoms with E-state index in [0.717, 1.165) is 18.5 Å². The van der Waals surface area contributed by atoms with Crippen LogP contribution in [0.4, 0.5) is 20.4 Å². The topological polar surface area (TPSA) is 92.2 Å². The fraction of sp³-hybridized carbons (Fsp3) is 0.0588. The molecule has 2 aromatic carbocycles. The fourth-order valence-corrected chi connectivity index (χ4v) is 3.07. The van der Waals surface area contributed by atoms with Crippen molar-refractivity contribution in [3.8, 4) is 17.0 Å². The Kier molecular flexibility index (Phi) is 4.56. The Hall–Kier alpha value is -3.07. The Morgan fingerprint density at radius 2 is 1.81 bits per heavy atom. The molecule has 0 radical (unpaired) electrons. The maximum absolute atomic E-state index is 14.4. The second kappa shape index (κ2) is 6.68. The minimum atomic E-state index is -3.76. The molecule has 0 bridgehead atoms. The number of phenolic OH excluding ortho intramolecular Hbond substituents is 1. The van der Waals surface area contributed by atoms with E-state index in [0.29, 0.717) is 0 Å². The first-order valence-corrected chi connectivity index (χ1v) is 9.23. The number of anilines is 2. The van der Waals surface area contributed by atoms with Crippen molar-refractivity contribution < 1.29 is 22.3 Å². The van der Waals surface area contributed by atoms with Gasteiger partial charge >= 0.3 is 0 Å². The van der Waals surface area contributed by atoms with E-state index in [4.69, 9.17) is 0 Å². The zero-order valence-corrected chi connectivity index (χ0v) is 14.3. The molecular formula is C17H13F2N3O3S. The number of sulfone groups is 1. The van der Waals surface area contributed by atoms with Gasteiger partial charge in [0.25, 0.3) is 0 Å². The van der Waals surface area contributed by atoms with Crippen LogP contribution in [0.25, 0.3) is 11.3 Å². The Morgan fingerprint density at radius 3 is 2.50 bits per heavy atom. The third-order valence-electron chi connectivity index (χ3n) is 3.51. The Balaban J connectivity index is 2.03. The molecule has 0 unspecified atom stereocenters. The van der Waals surface area contributed by atoms with Crippen LogP contribution in [0.5, 0.6) is 5.75 Å². The van der Waals surface area contributed by atoms with Crippen molar-refractivity contribution in [1.29, 1.82) is 0 Å². The lowest BCUT2D eigenvalue weighted by Gasteiger charge is -2.10. The van der Waals surface area contributed by atoms with E-state index in [1.165, 1.54) is 24.3 Å². The quantitative estimate of drug-likeness (QED) is 0.725. The number of halogens is 2. The van der Waals surface area contributed by atoms with Crippen LogP contribution in [0.2, 0.25) is 0 Å². The van der Waals surface area contributed by atoms with Gasteiger partial charge in [0.15, 0.2) is 21.5 Å². The van der Waals surface area contributed by atoms with E-state index in [-0.39, 0.29) is 28.6 Å². The van der Waals surface area contributed by atoms with Crippen molar-refractivity contribution in [3.63, 3.8) is 0 Å². The monoisotopic (exact) mass is 377 g/mol. The van der Waals surface area contributed by atoms with Gasteiger partial charge in [-0.05, 0) is 24.3 Å². The minimum Gasteiger partial charge on any atom is -0.507 e. The van der Waals surface area contributed by atoms with Gasteiger partial charge < -0.3 is 10.4 Å². The number of hydrogen-bond acceptors (Lipinski definition) is 6. The van der Waals surface area contributed by atoms with Crippen molar-refractivity contribution in [1.82, 2.24) is 9.97 Å². The number of para-hydroxylation sites is 1. The highest BCUT2D eigenvalue weighted by atomic mass is 32.2. The van der Waals surface area contributed by atoms with Crippen LogP contribution in [-0.2, 0) is 9.84 Å². The Labute approximate surface area is 148 Å². The molecule has 0 spiro atoms. The molecule has 26 heavy (non-hydrogen) atoms. The minimum absolute atomic E-state index is 0.140. The molecule has 1 aromatic heterocycles. The van der Waals surface area contributed by atoms with Gasteiger partial charge in [-0.25, -0.2) is 27.2 Å². The van der Waals surface area contributed by atoms with E-state index >= 15 is 0 Å². The highest BCUT2D eigenvalue weighted by molar-refractivity contribution is 7.90. The zero-order chi connectivity index (χ0) is 18.9. The SMILES string of the molecule is CS(=O)(=O)c1cccc(Nc2ncc(F)c(-c3ccccc3O)n2)c1F. The van der Waals surface area contributed by atoms with E-state index in [1.807, 2.05) is 0 Å². The highest BCUT2D eigenvalue weighted by Gasteiger charge is 2.18. The standard InChI is InChI=1S/C17H13F2N3O3S/c1-26(24,25)14-8-4-6-12(15(14)19)21-17-20-9-11(18)16(22-17)10-5-2-3-7-13(10)23/h2-9,23H,1H3,(H,20,21,22). The molecular weight excluding hydrogens is 364 g/mol. The number of nitrogens with one attached hydrogen (secondary N) is 1. The van der Waals surface area contributed by atoms with Gasteiger partial charge in [0.1, 0.15) is 16.3 Å². The van der Waals surface area contributed by atoms with Crippen molar-refractivity contribution in [2.24, 2.45) is 0 Å². The van der Waals surface area contributed by atoms with Crippen LogP contribution in [-0.4, -0.2) is 29.7 Å². The number of rotatable bonds is 4. The van der Waals surface area contributed by atoms with Gasteiger partial charge in [-0.3, -0.25) is 0 Å².